The second-order valence-corrected chi connectivity index (χ2v) is 10.1. The van der Waals surface area contributed by atoms with Crippen LogP contribution >= 0.6 is 0 Å². The minimum atomic E-state index is 0.0946. The summed E-state index contributed by atoms with van der Waals surface area (Å²) in [5.41, 5.74) is 2.28. The minimum Gasteiger partial charge on any atom is -0.493 e. The van der Waals surface area contributed by atoms with Gasteiger partial charge in [0.25, 0.3) is 0 Å². The first-order valence-electron chi connectivity index (χ1n) is 13.2. The summed E-state index contributed by atoms with van der Waals surface area (Å²) in [7, 11) is 5.47. The van der Waals surface area contributed by atoms with E-state index in [1.807, 2.05) is 18.2 Å². The maximum absolute atomic E-state index is 12.9. The van der Waals surface area contributed by atoms with E-state index in [-0.39, 0.29) is 5.91 Å². The van der Waals surface area contributed by atoms with Gasteiger partial charge in [0.05, 0.1) is 14.2 Å². The predicted octanol–water partition coefficient (Wildman–Crippen LogP) is 3.24. The van der Waals surface area contributed by atoms with Gasteiger partial charge in [-0.15, -0.1) is 0 Å². The van der Waals surface area contributed by atoms with E-state index in [0.717, 1.165) is 57.8 Å². The number of likely N-dealkylation sites (tertiary alicyclic amines) is 1. The number of carbonyl (C=O) groups excluding carboxylic acids is 1. The molecule has 2 saturated heterocycles. The molecule has 0 spiro atoms. The van der Waals surface area contributed by atoms with Crippen molar-refractivity contribution in [1.29, 1.82) is 0 Å². The van der Waals surface area contributed by atoms with Crippen LogP contribution in [-0.4, -0.2) is 87.2 Å². The first-order valence-corrected chi connectivity index (χ1v) is 13.2. The smallest absolute Gasteiger partial charge is 0.220 e. The quantitative estimate of drug-likeness (QED) is 0.547. The lowest BCUT2D eigenvalue weighted by Gasteiger charge is -2.46. The van der Waals surface area contributed by atoms with Crippen molar-refractivity contribution in [3.05, 3.63) is 59.7 Å². The van der Waals surface area contributed by atoms with E-state index in [1.165, 1.54) is 12.0 Å². The van der Waals surface area contributed by atoms with Gasteiger partial charge >= 0.3 is 0 Å². The summed E-state index contributed by atoms with van der Waals surface area (Å²) in [6, 6.07) is 17.0. The molecule has 0 bridgehead atoms. The van der Waals surface area contributed by atoms with Crippen LogP contribution in [0.15, 0.2) is 48.5 Å². The number of nitrogens with zero attached hydrogens (tertiary/aromatic N) is 3. The lowest BCUT2D eigenvalue weighted by molar-refractivity contribution is -0.121. The van der Waals surface area contributed by atoms with Crippen molar-refractivity contribution >= 4 is 5.91 Å². The van der Waals surface area contributed by atoms with Gasteiger partial charge in [-0.1, -0.05) is 42.5 Å². The number of likely N-dealkylation sites (N-methyl/N-ethyl adjacent to an activating group) is 1. The monoisotopic (exact) mass is 494 g/mol. The molecule has 2 aromatic carbocycles. The highest BCUT2D eigenvalue weighted by atomic mass is 16.5. The summed E-state index contributed by atoms with van der Waals surface area (Å²) in [6.45, 7) is 8.07. The third-order valence-corrected chi connectivity index (χ3v) is 7.74. The summed E-state index contributed by atoms with van der Waals surface area (Å²) >= 11 is 0. The first kappa shape index (κ1) is 26.5. The Bertz CT molecular complexity index is 962. The Labute approximate surface area is 216 Å². The molecule has 1 amide bonds. The number of nitrogens with one attached hydrogen (secondary N) is 1. The highest BCUT2D eigenvalue weighted by molar-refractivity contribution is 5.76. The van der Waals surface area contributed by atoms with Crippen molar-refractivity contribution in [3.8, 4) is 11.5 Å². The minimum absolute atomic E-state index is 0.0946. The second-order valence-electron chi connectivity index (χ2n) is 10.1. The second kappa shape index (κ2) is 13.1. The van der Waals surface area contributed by atoms with E-state index in [0.29, 0.717) is 36.4 Å². The van der Waals surface area contributed by atoms with Gasteiger partial charge in [0.15, 0.2) is 11.5 Å². The molecular weight excluding hydrogens is 452 g/mol. The molecule has 7 nitrogen and oxygen atoms in total. The van der Waals surface area contributed by atoms with Gasteiger partial charge < -0.3 is 19.7 Å². The molecule has 0 aliphatic carbocycles. The first-order chi connectivity index (χ1) is 17.6. The fourth-order valence-corrected chi connectivity index (χ4v) is 5.69. The molecule has 2 fully saturated rings. The zero-order valence-corrected chi connectivity index (χ0v) is 22.1. The van der Waals surface area contributed by atoms with Crippen molar-refractivity contribution < 1.29 is 14.3 Å². The third-order valence-electron chi connectivity index (χ3n) is 7.74. The number of rotatable bonds is 10. The van der Waals surface area contributed by atoms with Crippen LogP contribution in [0.2, 0.25) is 0 Å². The zero-order chi connectivity index (χ0) is 25.3. The summed E-state index contributed by atoms with van der Waals surface area (Å²) in [4.78, 5) is 20.6. The van der Waals surface area contributed by atoms with Crippen molar-refractivity contribution in [2.45, 2.75) is 38.4 Å². The number of piperazine rings is 1. The van der Waals surface area contributed by atoms with Crippen LogP contribution in [-0.2, 0) is 17.9 Å². The van der Waals surface area contributed by atoms with Gasteiger partial charge in [-0.2, -0.15) is 0 Å². The standard InChI is InChI=1S/C29H42N4O3/c1-31-16-18-33(19-17-31)26-14-15-32(21-23-8-5-4-6-9-23)22-25(26)12-13-28(34)30-20-24-10-7-11-27(35-2)29(24)36-3/h4-11,25-26H,12-22H2,1-3H3,(H,30,34)/t25-,26+/m0/s1. The van der Waals surface area contributed by atoms with Gasteiger partial charge in [-0.25, -0.2) is 0 Å². The van der Waals surface area contributed by atoms with Crippen LogP contribution in [0.5, 0.6) is 11.5 Å². The SMILES string of the molecule is COc1cccc(CNC(=O)CC[C@H]2CN(Cc3ccccc3)CC[C@H]2N2CCN(C)CC2)c1OC. The van der Waals surface area contributed by atoms with E-state index < -0.39 is 0 Å². The number of hydrogen-bond acceptors (Lipinski definition) is 6. The highest BCUT2D eigenvalue weighted by Crippen LogP contribution is 2.31. The predicted molar refractivity (Wildman–Crippen MR) is 143 cm³/mol. The Morgan fingerprint density at radius 2 is 1.75 bits per heavy atom. The Hall–Kier alpha value is -2.61. The highest BCUT2D eigenvalue weighted by Gasteiger charge is 2.34. The van der Waals surface area contributed by atoms with Crippen LogP contribution in [0.1, 0.15) is 30.4 Å². The Balaban J connectivity index is 1.35. The summed E-state index contributed by atoms with van der Waals surface area (Å²) in [5.74, 6) is 1.94. The molecule has 2 aliphatic rings. The molecule has 0 unspecified atom stereocenters. The van der Waals surface area contributed by atoms with Crippen molar-refractivity contribution in [2.24, 2.45) is 5.92 Å². The topological polar surface area (TPSA) is 57.3 Å². The molecule has 1 N–H and O–H groups in total. The largest absolute Gasteiger partial charge is 0.493 e. The molecule has 2 aliphatic heterocycles. The summed E-state index contributed by atoms with van der Waals surface area (Å²) in [6.07, 6.45) is 2.62. The summed E-state index contributed by atoms with van der Waals surface area (Å²) < 4.78 is 10.9. The molecule has 196 valence electrons. The van der Waals surface area contributed by atoms with Crippen molar-refractivity contribution in [2.75, 3.05) is 60.5 Å². The number of para-hydroxylation sites is 1. The molecular formula is C29H42N4O3. The normalized spacial score (nSPS) is 21.8. The molecule has 2 atom stereocenters. The van der Waals surface area contributed by atoms with Crippen molar-refractivity contribution in [3.63, 3.8) is 0 Å². The fraction of sp³-hybridized carbons (Fsp3) is 0.552. The van der Waals surface area contributed by atoms with Crippen molar-refractivity contribution in [1.82, 2.24) is 20.0 Å². The number of piperidine rings is 1. The molecule has 4 rings (SSSR count). The van der Waals surface area contributed by atoms with Gasteiger partial charge in [0.1, 0.15) is 0 Å². The molecule has 7 heteroatoms. The number of amides is 1. The molecule has 0 radical (unpaired) electrons. The van der Waals surface area contributed by atoms with Crippen LogP contribution in [0, 0.1) is 5.92 Å². The third kappa shape index (κ3) is 6.99. The molecule has 0 saturated carbocycles. The number of benzene rings is 2. The maximum Gasteiger partial charge on any atom is 0.220 e. The number of ether oxygens (including phenoxy) is 2. The Morgan fingerprint density at radius 3 is 2.47 bits per heavy atom. The number of carbonyl (C=O) groups is 1. The number of methoxy groups -OCH3 is 2. The maximum atomic E-state index is 12.9. The van der Waals surface area contributed by atoms with Gasteiger partial charge in [-0.05, 0) is 44.0 Å². The van der Waals surface area contributed by atoms with E-state index in [2.05, 4.69) is 57.4 Å². The Morgan fingerprint density at radius 1 is 0.972 bits per heavy atom. The van der Waals surface area contributed by atoms with E-state index >= 15 is 0 Å². The van der Waals surface area contributed by atoms with E-state index in [4.69, 9.17) is 9.47 Å². The summed E-state index contributed by atoms with van der Waals surface area (Å²) in [5, 5.41) is 3.11. The zero-order valence-electron chi connectivity index (χ0n) is 22.1. The molecule has 0 aromatic heterocycles. The lowest BCUT2D eigenvalue weighted by Crippen LogP contribution is -2.56. The molecule has 2 heterocycles. The molecule has 36 heavy (non-hydrogen) atoms. The van der Waals surface area contributed by atoms with Crippen LogP contribution in [0.4, 0.5) is 0 Å². The van der Waals surface area contributed by atoms with Crippen LogP contribution in [0.25, 0.3) is 0 Å². The van der Waals surface area contributed by atoms with Gasteiger partial charge in [0.2, 0.25) is 5.91 Å². The molecule has 2 aromatic rings. The van der Waals surface area contributed by atoms with Crippen LogP contribution in [0.3, 0.4) is 0 Å². The average molecular weight is 495 g/mol. The number of hydrogen-bond donors (Lipinski definition) is 1. The van der Waals surface area contributed by atoms with E-state index in [9.17, 15) is 4.79 Å². The van der Waals surface area contributed by atoms with E-state index in [1.54, 1.807) is 14.2 Å². The fourth-order valence-electron chi connectivity index (χ4n) is 5.69. The average Bonchev–Trinajstić information content (AvgIpc) is 2.91. The lowest BCUT2D eigenvalue weighted by atomic mass is 9.86. The Kier molecular flexibility index (Phi) is 9.61. The van der Waals surface area contributed by atoms with Gasteiger partial charge in [0, 0.05) is 63.8 Å². The van der Waals surface area contributed by atoms with Gasteiger partial charge in [-0.3, -0.25) is 14.6 Å². The van der Waals surface area contributed by atoms with Crippen LogP contribution < -0.4 is 14.8 Å².